The maximum atomic E-state index is 12.3. The normalized spacial score (nSPS) is 18.5. The third kappa shape index (κ3) is 5.96. The summed E-state index contributed by atoms with van der Waals surface area (Å²) < 4.78 is 10.9. The molecule has 1 aliphatic heterocycles. The molecule has 0 bridgehead atoms. The van der Waals surface area contributed by atoms with Gasteiger partial charge < -0.3 is 19.2 Å². The average Bonchev–Trinajstić information content (AvgIpc) is 3.14. The predicted octanol–water partition coefficient (Wildman–Crippen LogP) is 3.73. The van der Waals surface area contributed by atoms with Gasteiger partial charge in [0.15, 0.2) is 0 Å². The molecule has 1 aromatic carbocycles. The standard InChI is InChI=1S/C22H31ClN4O4/c1-13(2)30-22(29)27-7-6-26(11-14(27)3)12-18-9-19(23)8-17(15(18)4)10-20-24-25-21(31-20)16(5)28/h8-9,13-14,16,28H,6-7,10-12H2,1-5H3/t14-,16+/m0/s1. The SMILES string of the molecule is Cc1c(Cc2nnc([C@@H](C)O)o2)cc(Cl)cc1CN1CCN(C(=O)OC(C)C)[C@@H](C)C1. The fraction of sp³-hybridized carbons (Fsp3) is 0.591. The second-order valence-electron chi connectivity index (χ2n) is 8.45. The molecule has 2 heterocycles. The van der Waals surface area contributed by atoms with E-state index in [4.69, 9.17) is 20.8 Å². The largest absolute Gasteiger partial charge is 0.447 e. The molecule has 2 aromatic rings. The predicted molar refractivity (Wildman–Crippen MR) is 117 cm³/mol. The van der Waals surface area contributed by atoms with Crippen LogP contribution in [0.3, 0.4) is 0 Å². The number of ether oxygens (including phenoxy) is 1. The minimum Gasteiger partial charge on any atom is -0.447 e. The quantitative estimate of drug-likeness (QED) is 0.716. The molecule has 1 saturated heterocycles. The van der Waals surface area contributed by atoms with Crippen molar-refractivity contribution in [2.45, 2.75) is 65.8 Å². The number of hydrogen-bond acceptors (Lipinski definition) is 7. The maximum absolute atomic E-state index is 12.3. The number of carbonyl (C=O) groups excluding carboxylic acids is 1. The monoisotopic (exact) mass is 450 g/mol. The highest BCUT2D eigenvalue weighted by atomic mass is 35.5. The smallest absolute Gasteiger partial charge is 0.410 e. The molecule has 0 aliphatic carbocycles. The van der Waals surface area contributed by atoms with Crippen LogP contribution in [0.4, 0.5) is 4.79 Å². The Kier molecular flexibility index (Phi) is 7.56. The zero-order valence-corrected chi connectivity index (χ0v) is 19.5. The summed E-state index contributed by atoms with van der Waals surface area (Å²) in [6.07, 6.45) is -0.722. The van der Waals surface area contributed by atoms with Gasteiger partial charge in [-0.05, 0) is 63.4 Å². The van der Waals surface area contributed by atoms with Gasteiger partial charge in [-0.2, -0.15) is 0 Å². The second-order valence-corrected chi connectivity index (χ2v) is 8.88. The van der Waals surface area contributed by atoms with E-state index < -0.39 is 6.10 Å². The van der Waals surface area contributed by atoms with Crippen LogP contribution in [-0.4, -0.2) is 63.0 Å². The molecule has 3 rings (SSSR count). The molecule has 1 fully saturated rings. The van der Waals surface area contributed by atoms with E-state index in [9.17, 15) is 9.90 Å². The van der Waals surface area contributed by atoms with Crippen molar-refractivity contribution in [2.75, 3.05) is 19.6 Å². The van der Waals surface area contributed by atoms with Crippen molar-refractivity contribution < 1.29 is 19.1 Å². The van der Waals surface area contributed by atoms with Crippen molar-refractivity contribution in [1.29, 1.82) is 0 Å². The van der Waals surface area contributed by atoms with Crippen molar-refractivity contribution in [3.8, 4) is 0 Å². The van der Waals surface area contributed by atoms with Crippen LogP contribution in [0.1, 0.15) is 62.3 Å². The van der Waals surface area contributed by atoms with Crippen LogP contribution in [0.25, 0.3) is 0 Å². The number of piperazine rings is 1. The molecular weight excluding hydrogens is 420 g/mol. The zero-order chi connectivity index (χ0) is 22.7. The molecule has 0 radical (unpaired) electrons. The number of aliphatic hydroxyl groups is 1. The topological polar surface area (TPSA) is 91.9 Å². The van der Waals surface area contributed by atoms with E-state index in [2.05, 4.69) is 22.0 Å². The summed E-state index contributed by atoms with van der Waals surface area (Å²) in [7, 11) is 0. The number of benzene rings is 1. The lowest BCUT2D eigenvalue weighted by atomic mass is 9.99. The van der Waals surface area contributed by atoms with Crippen molar-refractivity contribution in [1.82, 2.24) is 20.0 Å². The van der Waals surface area contributed by atoms with Gasteiger partial charge >= 0.3 is 6.09 Å². The highest BCUT2D eigenvalue weighted by Crippen LogP contribution is 2.25. The third-order valence-electron chi connectivity index (χ3n) is 5.45. The van der Waals surface area contributed by atoms with Gasteiger partial charge in [0.05, 0.1) is 12.5 Å². The molecule has 0 spiro atoms. The van der Waals surface area contributed by atoms with Crippen LogP contribution in [-0.2, 0) is 17.7 Å². The van der Waals surface area contributed by atoms with Gasteiger partial charge in [0.25, 0.3) is 0 Å². The molecule has 0 unspecified atom stereocenters. The summed E-state index contributed by atoms with van der Waals surface area (Å²) >= 11 is 6.41. The van der Waals surface area contributed by atoms with Gasteiger partial charge in [0.2, 0.25) is 11.8 Å². The Morgan fingerprint density at radius 1 is 1.29 bits per heavy atom. The van der Waals surface area contributed by atoms with Gasteiger partial charge in [-0.15, -0.1) is 10.2 Å². The molecule has 170 valence electrons. The van der Waals surface area contributed by atoms with Gasteiger partial charge in [0, 0.05) is 37.2 Å². The molecule has 1 aliphatic rings. The Hall–Kier alpha value is -2.16. The van der Waals surface area contributed by atoms with Gasteiger partial charge in [-0.3, -0.25) is 4.90 Å². The Bertz CT molecular complexity index is 915. The first-order valence-corrected chi connectivity index (χ1v) is 11.0. The van der Waals surface area contributed by atoms with E-state index in [-0.39, 0.29) is 24.1 Å². The van der Waals surface area contributed by atoms with E-state index in [0.29, 0.717) is 23.9 Å². The summed E-state index contributed by atoms with van der Waals surface area (Å²) in [5, 5.41) is 18.1. The molecule has 9 heteroatoms. The lowest BCUT2D eigenvalue weighted by Gasteiger charge is -2.39. The lowest BCUT2D eigenvalue weighted by molar-refractivity contribution is 0.0349. The molecule has 8 nitrogen and oxygen atoms in total. The summed E-state index contributed by atoms with van der Waals surface area (Å²) in [5.74, 6) is 0.649. The second kappa shape index (κ2) is 9.97. The highest BCUT2D eigenvalue weighted by molar-refractivity contribution is 6.30. The molecular formula is C22H31ClN4O4. The number of carbonyl (C=O) groups is 1. The van der Waals surface area contributed by atoms with E-state index in [0.717, 1.165) is 36.3 Å². The number of aliphatic hydroxyl groups excluding tert-OH is 1. The number of aromatic nitrogens is 2. The van der Waals surface area contributed by atoms with Gasteiger partial charge in [0.1, 0.15) is 6.10 Å². The zero-order valence-electron chi connectivity index (χ0n) is 18.8. The van der Waals surface area contributed by atoms with Crippen molar-refractivity contribution in [3.05, 3.63) is 45.6 Å². The Labute approximate surface area is 188 Å². The number of hydrogen-bond donors (Lipinski definition) is 1. The fourth-order valence-electron chi connectivity index (χ4n) is 3.77. The summed E-state index contributed by atoms with van der Waals surface area (Å²) in [5.41, 5.74) is 3.26. The van der Waals surface area contributed by atoms with Crippen LogP contribution in [0, 0.1) is 6.92 Å². The Morgan fingerprint density at radius 2 is 2.00 bits per heavy atom. The van der Waals surface area contributed by atoms with Crippen LogP contribution in [0.2, 0.25) is 5.02 Å². The maximum Gasteiger partial charge on any atom is 0.410 e. The molecule has 2 atom stereocenters. The minimum atomic E-state index is -0.796. The molecule has 1 N–H and O–H groups in total. The Balaban J connectivity index is 1.69. The number of halogens is 1. The number of nitrogens with zero attached hydrogens (tertiary/aromatic N) is 4. The first kappa shape index (κ1) is 23.5. The van der Waals surface area contributed by atoms with Crippen LogP contribution < -0.4 is 0 Å². The minimum absolute atomic E-state index is 0.0660. The number of rotatable bonds is 6. The first-order chi connectivity index (χ1) is 14.6. The Morgan fingerprint density at radius 3 is 2.61 bits per heavy atom. The summed E-state index contributed by atoms with van der Waals surface area (Å²) in [6, 6.07) is 3.96. The summed E-state index contributed by atoms with van der Waals surface area (Å²) in [6.45, 7) is 12.3. The van der Waals surface area contributed by atoms with E-state index >= 15 is 0 Å². The van der Waals surface area contributed by atoms with Crippen LogP contribution in [0.5, 0.6) is 0 Å². The van der Waals surface area contributed by atoms with E-state index in [1.54, 1.807) is 11.8 Å². The van der Waals surface area contributed by atoms with E-state index in [1.165, 1.54) is 0 Å². The van der Waals surface area contributed by atoms with Crippen molar-refractivity contribution in [2.24, 2.45) is 0 Å². The third-order valence-corrected chi connectivity index (χ3v) is 5.66. The van der Waals surface area contributed by atoms with Crippen molar-refractivity contribution in [3.63, 3.8) is 0 Å². The van der Waals surface area contributed by atoms with Gasteiger partial charge in [-0.1, -0.05) is 11.6 Å². The molecule has 31 heavy (non-hydrogen) atoms. The fourth-order valence-corrected chi connectivity index (χ4v) is 4.04. The van der Waals surface area contributed by atoms with E-state index in [1.807, 2.05) is 32.9 Å². The first-order valence-electron chi connectivity index (χ1n) is 10.6. The molecule has 1 amide bonds. The average molecular weight is 451 g/mol. The number of amides is 1. The van der Waals surface area contributed by atoms with Gasteiger partial charge in [-0.25, -0.2) is 4.79 Å². The van der Waals surface area contributed by atoms with Crippen molar-refractivity contribution >= 4 is 17.7 Å². The summed E-state index contributed by atoms with van der Waals surface area (Å²) in [4.78, 5) is 16.4. The molecule has 1 aromatic heterocycles. The molecule has 0 saturated carbocycles. The van der Waals surface area contributed by atoms with Crippen LogP contribution in [0.15, 0.2) is 16.5 Å². The highest BCUT2D eigenvalue weighted by Gasteiger charge is 2.29. The lowest BCUT2D eigenvalue weighted by Crippen LogP contribution is -2.54. The van der Waals surface area contributed by atoms with Crippen LogP contribution >= 0.6 is 11.6 Å².